The zero-order valence-corrected chi connectivity index (χ0v) is 19.2. The highest BCUT2D eigenvalue weighted by molar-refractivity contribution is 5.77. The van der Waals surface area contributed by atoms with Crippen LogP contribution in [0, 0.1) is 5.92 Å². The molecule has 3 fully saturated rings. The Balaban J connectivity index is 1.39. The first-order valence-corrected chi connectivity index (χ1v) is 12.2. The van der Waals surface area contributed by atoms with Crippen LogP contribution in [-0.4, -0.2) is 71.5 Å². The third-order valence-corrected chi connectivity index (χ3v) is 7.41. The number of H-pyrrole nitrogens is 1. The summed E-state index contributed by atoms with van der Waals surface area (Å²) in [5, 5.41) is 0. The minimum absolute atomic E-state index is 0.00530. The molecule has 0 spiro atoms. The normalized spacial score (nSPS) is 23.0. The van der Waals surface area contributed by atoms with Crippen LogP contribution in [0.5, 0.6) is 0 Å². The number of likely N-dealkylation sites (tertiary alicyclic amines) is 2. The molecule has 2 amide bonds. The molecular weight excluding hydrogens is 408 g/mol. The largest absolute Gasteiger partial charge is 0.375 e. The zero-order chi connectivity index (χ0) is 22.5. The first-order chi connectivity index (χ1) is 15.5. The molecule has 1 aromatic rings. The predicted molar refractivity (Wildman–Crippen MR) is 120 cm³/mol. The molecule has 0 unspecified atom stereocenters. The summed E-state index contributed by atoms with van der Waals surface area (Å²) in [5.41, 5.74) is 0.678. The summed E-state index contributed by atoms with van der Waals surface area (Å²) < 4.78 is 4.95. The van der Waals surface area contributed by atoms with E-state index in [1.807, 2.05) is 9.80 Å². The molecule has 1 atom stereocenters. The average molecular weight is 445 g/mol. The molecule has 2 aliphatic heterocycles. The number of nitrogens with zero attached hydrogens (tertiary/aromatic N) is 3. The molecule has 1 saturated carbocycles. The number of methoxy groups -OCH3 is 1. The number of aromatic nitrogens is 2. The number of hydrogen-bond donors (Lipinski definition) is 1. The van der Waals surface area contributed by atoms with Crippen LogP contribution in [0.15, 0.2) is 10.9 Å². The van der Waals surface area contributed by atoms with E-state index in [1.165, 1.54) is 32.8 Å². The third kappa shape index (κ3) is 5.57. The van der Waals surface area contributed by atoms with Gasteiger partial charge < -0.3 is 19.5 Å². The van der Waals surface area contributed by atoms with Crippen molar-refractivity contribution in [1.29, 1.82) is 0 Å². The molecule has 1 N–H and O–H groups in total. The van der Waals surface area contributed by atoms with Gasteiger partial charge in [0, 0.05) is 57.6 Å². The Kier molecular flexibility index (Phi) is 7.60. The summed E-state index contributed by atoms with van der Waals surface area (Å²) >= 11 is 0. The van der Waals surface area contributed by atoms with Gasteiger partial charge in [-0.05, 0) is 44.4 Å². The third-order valence-electron chi connectivity index (χ3n) is 7.41. The van der Waals surface area contributed by atoms with Gasteiger partial charge in [0.05, 0.1) is 5.69 Å². The summed E-state index contributed by atoms with van der Waals surface area (Å²) in [7, 11) is 1.53. The van der Waals surface area contributed by atoms with E-state index in [-0.39, 0.29) is 35.8 Å². The van der Waals surface area contributed by atoms with Crippen molar-refractivity contribution < 1.29 is 14.3 Å². The summed E-state index contributed by atoms with van der Waals surface area (Å²) in [4.78, 5) is 48.9. The summed E-state index contributed by atoms with van der Waals surface area (Å²) in [6.45, 7) is 2.87. The van der Waals surface area contributed by atoms with E-state index < -0.39 is 0 Å². The standard InChI is InChI=1S/C24H36N4O4/c1-32-16-23(31)27-11-8-18(9-12-27)24-25-20(14-21(29)26-24)19-7-4-10-28(15-19)22(30)13-17-5-2-3-6-17/h14,17-19H,2-13,15-16H2,1H3,(H,25,26,29)/t19-/m0/s1. The van der Waals surface area contributed by atoms with Gasteiger partial charge in [-0.15, -0.1) is 0 Å². The van der Waals surface area contributed by atoms with Gasteiger partial charge >= 0.3 is 0 Å². The molecule has 4 rings (SSSR count). The van der Waals surface area contributed by atoms with E-state index in [0.29, 0.717) is 32.0 Å². The van der Waals surface area contributed by atoms with Gasteiger partial charge in [0.2, 0.25) is 11.8 Å². The smallest absolute Gasteiger partial charge is 0.251 e. The lowest BCUT2D eigenvalue weighted by molar-refractivity contribution is -0.136. The Labute approximate surface area is 189 Å². The highest BCUT2D eigenvalue weighted by Crippen LogP contribution is 2.31. The van der Waals surface area contributed by atoms with Crippen molar-refractivity contribution in [1.82, 2.24) is 19.8 Å². The van der Waals surface area contributed by atoms with Crippen LogP contribution in [0.1, 0.15) is 81.1 Å². The Hall–Kier alpha value is -2.22. The fraction of sp³-hybridized carbons (Fsp3) is 0.750. The first kappa shape index (κ1) is 23.0. The van der Waals surface area contributed by atoms with Gasteiger partial charge in [0.1, 0.15) is 12.4 Å². The number of carbonyl (C=O) groups is 2. The van der Waals surface area contributed by atoms with Crippen LogP contribution >= 0.6 is 0 Å². The summed E-state index contributed by atoms with van der Waals surface area (Å²) in [6, 6.07) is 1.61. The second kappa shape index (κ2) is 10.6. The van der Waals surface area contributed by atoms with E-state index in [9.17, 15) is 14.4 Å². The Bertz CT molecular complexity index is 856. The number of nitrogens with one attached hydrogen (secondary N) is 1. The second-order valence-corrected chi connectivity index (χ2v) is 9.68. The van der Waals surface area contributed by atoms with Gasteiger partial charge in [-0.2, -0.15) is 0 Å². The van der Waals surface area contributed by atoms with Crippen molar-refractivity contribution in [3.63, 3.8) is 0 Å². The van der Waals surface area contributed by atoms with Crippen molar-refractivity contribution in [3.05, 3.63) is 27.9 Å². The molecule has 1 aromatic heterocycles. The summed E-state index contributed by atoms with van der Waals surface area (Å²) in [5.74, 6) is 1.79. The predicted octanol–water partition coefficient (Wildman–Crippen LogP) is 2.41. The van der Waals surface area contributed by atoms with Crippen LogP contribution in [0.4, 0.5) is 0 Å². The molecule has 176 valence electrons. The Morgan fingerprint density at radius 1 is 1.00 bits per heavy atom. The highest BCUT2D eigenvalue weighted by atomic mass is 16.5. The van der Waals surface area contributed by atoms with Gasteiger partial charge in [0.25, 0.3) is 5.56 Å². The van der Waals surface area contributed by atoms with E-state index in [4.69, 9.17) is 9.72 Å². The zero-order valence-electron chi connectivity index (χ0n) is 19.2. The van der Waals surface area contributed by atoms with Gasteiger partial charge in [-0.3, -0.25) is 14.4 Å². The molecule has 8 nitrogen and oxygen atoms in total. The van der Waals surface area contributed by atoms with Crippen LogP contribution in [0.2, 0.25) is 0 Å². The van der Waals surface area contributed by atoms with Crippen molar-refractivity contribution in [2.75, 3.05) is 39.9 Å². The summed E-state index contributed by atoms with van der Waals surface area (Å²) in [6.07, 6.45) is 8.98. The van der Waals surface area contributed by atoms with Crippen LogP contribution < -0.4 is 5.56 Å². The van der Waals surface area contributed by atoms with E-state index in [0.717, 1.165) is 43.7 Å². The fourth-order valence-electron chi connectivity index (χ4n) is 5.55. The maximum atomic E-state index is 12.8. The topological polar surface area (TPSA) is 95.6 Å². The minimum Gasteiger partial charge on any atom is -0.375 e. The van der Waals surface area contributed by atoms with Crippen molar-refractivity contribution in [2.24, 2.45) is 5.92 Å². The maximum Gasteiger partial charge on any atom is 0.251 e. The molecular formula is C24H36N4O4. The lowest BCUT2D eigenvalue weighted by atomic mass is 9.92. The van der Waals surface area contributed by atoms with Crippen molar-refractivity contribution >= 4 is 11.8 Å². The lowest BCUT2D eigenvalue weighted by Gasteiger charge is -2.34. The number of amides is 2. The van der Waals surface area contributed by atoms with Crippen LogP contribution in [0.25, 0.3) is 0 Å². The number of rotatable bonds is 6. The molecule has 0 radical (unpaired) electrons. The Morgan fingerprint density at radius 3 is 2.47 bits per heavy atom. The van der Waals surface area contributed by atoms with E-state index in [1.54, 1.807) is 6.07 Å². The molecule has 32 heavy (non-hydrogen) atoms. The molecule has 2 saturated heterocycles. The van der Waals surface area contributed by atoms with Crippen LogP contribution in [0.3, 0.4) is 0 Å². The molecule has 8 heteroatoms. The molecule has 3 heterocycles. The first-order valence-electron chi connectivity index (χ1n) is 12.2. The maximum absolute atomic E-state index is 12.8. The molecule has 3 aliphatic rings. The lowest BCUT2D eigenvalue weighted by Crippen LogP contribution is -2.41. The number of aromatic amines is 1. The molecule has 1 aliphatic carbocycles. The number of piperidine rings is 2. The second-order valence-electron chi connectivity index (χ2n) is 9.68. The fourth-order valence-corrected chi connectivity index (χ4v) is 5.55. The monoisotopic (exact) mass is 444 g/mol. The average Bonchev–Trinajstić information content (AvgIpc) is 3.32. The van der Waals surface area contributed by atoms with E-state index in [2.05, 4.69) is 4.98 Å². The highest BCUT2D eigenvalue weighted by Gasteiger charge is 2.30. The van der Waals surface area contributed by atoms with E-state index >= 15 is 0 Å². The Morgan fingerprint density at radius 2 is 1.75 bits per heavy atom. The van der Waals surface area contributed by atoms with Crippen molar-refractivity contribution in [2.45, 2.75) is 69.6 Å². The van der Waals surface area contributed by atoms with Gasteiger partial charge in [0.15, 0.2) is 0 Å². The number of carbonyl (C=O) groups excluding carboxylic acids is 2. The van der Waals surface area contributed by atoms with Crippen molar-refractivity contribution in [3.8, 4) is 0 Å². The SMILES string of the molecule is COCC(=O)N1CCC(c2nc([C@H]3CCCN(C(=O)CC4CCCC4)C3)cc(=O)[nH]2)CC1. The van der Waals surface area contributed by atoms with Gasteiger partial charge in [-0.25, -0.2) is 4.98 Å². The number of ether oxygens (including phenoxy) is 1. The minimum atomic E-state index is -0.128. The quantitative estimate of drug-likeness (QED) is 0.727. The molecule has 0 bridgehead atoms. The van der Waals surface area contributed by atoms with Crippen LogP contribution in [-0.2, 0) is 14.3 Å². The van der Waals surface area contributed by atoms with Gasteiger partial charge in [-0.1, -0.05) is 12.8 Å². The number of hydrogen-bond acceptors (Lipinski definition) is 5. The molecule has 0 aromatic carbocycles.